The summed E-state index contributed by atoms with van der Waals surface area (Å²) in [5.74, 6) is 1.08. The van der Waals surface area contributed by atoms with Gasteiger partial charge in [0.2, 0.25) is 0 Å². The second-order valence-electron chi connectivity index (χ2n) is 8.82. The Morgan fingerprint density at radius 2 is 1.71 bits per heavy atom. The Labute approximate surface area is 207 Å². The van der Waals surface area contributed by atoms with Crippen LogP contribution in [-0.2, 0) is 6.42 Å². The molecule has 1 aliphatic rings. The molecule has 3 aromatic rings. The minimum Gasteiger partial charge on any atom is -0.497 e. The monoisotopic (exact) mass is 472 g/mol. The number of carbonyl (C=O) groups is 2. The molecule has 6 nitrogen and oxygen atoms in total. The molecule has 35 heavy (non-hydrogen) atoms. The fraction of sp³-hybridized carbons (Fsp3) is 0.310. The first-order chi connectivity index (χ1) is 17.1. The minimum absolute atomic E-state index is 0.0508. The summed E-state index contributed by atoms with van der Waals surface area (Å²) in [4.78, 5) is 30.5. The van der Waals surface area contributed by atoms with Gasteiger partial charge in [-0.2, -0.15) is 0 Å². The predicted molar refractivity (Wildman–Crippen MR) is 136 cm³/mol. The highest BCUT2D eigenvalue weighted by molar-refractivity contribution is 5.97. The number of amides is 2. The number of nitrogens with zero attached hydrogens (tertiary/aromatic N) is 2. The molecular formula is C29H32N2O4. The van der Waals surface area contributed by atoms with E-state index >= 15 is 0 Å². The summed E-state index contributed by atoms with van der Waals surface area (Å²) in [7, 11) is 3.41. The van der Waals surface area contributed by atoms with Gasteiger partial charge in [0.05, 0.1) is 18.7 Å². The van der Waals surface area contributed by atoms with E-state index in [1.807, 2.05) is 66.5 Å². The number of fused-ring (bicyclic) bond motifs is 1. The number of ether oxygens (including phenoxy) is 2. The zero-order valence-corrected chi connectivity index (χ0v) is 20.4. The van der Waals surface area contributed by atoms with Crippen molar-refractivity contribution in [3.05, 3.63) is 95.6 Å². The first-order valence-corrected chi connectivity index (χ1v) is 12.0. The van der Waals surface area contributed by atoms with Crippen LogP contribution in [-0.4, -0.2) is 61.5 Å². The van der Waals surface area contributed by atoms with Crippen LogP contribution in [0.25, 0.3) is 0 Å². The van der Waals surface area contributed by atoms with Crippen molar-refractivity contribution >= 4 is 11.8 Å². The van der Waals surface area contributed by atoms with Crippen LogP contribution in [0.1, 0.15) is 39.1 Å². The molecule has 0 bridgehead atoms. The summed E-state index contributed by atoms with van der Waals surface area (Å²) in [6.07, 6.45) is 2.22. The van der Waals surface area contributed by atoms with E-state index in [2.05, 4.69) is 12.1 Å². The van der Waals surface area contributed by atoms with Gasteiger partial charge in [-0.15, -0.1) is 0 Å². The number of benzene rings is 3. The van der Waals surface area contributed by atoms with E-state index in [1.165, 1.54) is 0 Å². The number of methoxy groups -OCH3 is 1. The number of carbonyl (C=O) groups excluding carboxylic acids is 2. The predicted octanol–water partition coefficient (Wildman–Crippen LogP) is 4.69. The highest BCUT2D eigenvalue weighted by Crippen LogP contribution is 2.24. The first-order valence-electron chi connectivity index (χ1n) is 12.0. The highest BCUT2D eigenvalue weighted by atomic mass is 16.5. The van der Waals surface area contributed by atoms with Crippen LogP contribution in [0.5, 0.6) is 11.5 Å². The number of hydrogen-bond acceptors (Lipinski definition) is 4. The van der Waals surface area contributed by atoms with Gasteiger partial charge in [0.15, 0.2) is 0 Å². The van der Waals surface area contributed by atoms with Crippen molar-refractivity contribution < 1.29 is 19.1 Å². The fourth-order valence-electron chi connectivity index (χ4n) is 4.41. The van der Waals surface area contributed by atoms with Crippen LogP contribution in [0.2, 0.25) is 0 Å². The lowest BCUT2D eigenvalue weighted by molar-refractivity contribution is 0.0590. The topological polar surface area (TPSA) is 59.1 Å². The van der Waals surface area contributed by atoms with Gasteiger partial charge in [-0.05, 0) is 55.2 Å². The van der Waals surface area contributed by atoms with Crippen LogP contribution >= 0.6 is 0 Å². The van der Waals surface area contributed by atoms with Gasteiger partial charge in [-0.25, -0.2) is 0 Å². The van der Waals surface area contributed by atoms with Crippen molar-refractivity contribution in [2.24, 2.45) is 0 Å². The molecule has 6 heteroatoms. The Kier molecular flexibility index (Phi) is 8.03. The molecule has 0 aromatic heterocycles. The molecule has 0 unspecified atom stereocenters. The second kappa shape index (κ2) is 11.6. The summed E-state index contributed by atoms with van der Waals surface area (Å²) in [6.45, 7) is 1.46. The normalized spacial score (nSPS) is 17.0. The van der Waals surface area contributed by atoms with Gasteiger partial charge >= 0.3 is 0 Å². The van der Waals surface area contributed by atoms with Crippen molar-refractivity contribution in [2.75, 3.05) is 33.9 Å². The summed E-state index contributed by atoms with van der Waals surface area (Å²) < 4.78 is 11.6. The molecule has 1 atom stereocenters. The van der Waals surface area contributed by atoms with Crippen molar-refractivity contribution in [3.8, 4) is 11.5 Å². The third-order valence-corrected chi connectivity index (χ3v) is 6.37. The zero-order valence-electron chi connectivity index (χ0n) is 20.4. The lowest BCUT2D eigenvalue weighted by Gasteiger charge is -2.33. The van der Waals surface area contributed by atoms with Gasteiger partial charge in [-0.3, -0.25) is 9.59 Å². The smallest absolute Gasteiger partial charge is 0.257 e. The second-order valence-corrected chi connectivity index (χ2v) is 8.82. The number of para-hydroxylation sites is 1. The first kappa shape index (κ1) is 24.3. The van der Waals surface area contributed by atoms with Crippen molar-refractivity contribution in [3.63, 3.8) is 0 Å². The van der Waals surface area contributed by atoms with Crippen molar-refractivity contribution in [1.82, 2.24) is 9.80 Å². The summed E-state index contributed by atoms with van der Waals surface area (Å²) >= 11 is 0. The number of rotatable bonds is 4. The largest absolute Gasteiger partial charge is 0.497 e. The lowest BCUT2D eigenvalue weighted by atomic mass is 10.0. The summed E-state index contributed by atoms with van der Waals surface area (Å²) in [5.41, 5.74) is 2.25. The average molecular weight is 473 g/mol. The Bertz CT molecular complexity index is 1150. The van der Waals surface area contributed by atoms with E-state index in [1.54, 1.807) is 24.1 Å². The molecule has 0 aliphatic carbocycles. The van der Waals surface area contributed by atoms with E-state index in [0.717, 1.165) is 18.4 Å². The molecule has 0 saturated carbocycles. The molecule has 2 amide bonds. The third kappa shape index (κ3) is 6.01. The summed E-state index contributed by atoms with van der Waals surface area (Å²) in [5, 5.41) is 0. The maximum absolute atomic E-state index is 13.8. The average Bonchev–Trinajstić information content (AvgIpc) is 2.90. The van der Waals surface area contributed by atoms with Gasteiger partial charge in [0.1, 0.15) is 18.1 Å². The lowest BCUT2D eigenvalue weighted by Crippen LogP contribution is -2.46. The van der Waals surface area contributed by atoms with Gasteiger partial charge in [0, 0.05) is 25.7 Å². The van der Waals surface area contributed by atoms with E-state index in [0.29, 0.717) is 42.1 Å². The van der Waals surface area contributed by atoms with E-state index in [-0.39, 0.29) is 24.5 Å². The van der Waals surface area contributed by atoms with Gasteiger partial charge < -0.3 is 19.3 Å². The Hall–Kier alpha value is -3.80. The Morgan fingerprint density at radius 3 is 2.51 bits per heavy atom. The zero-order chi connectivity index (χ0) is 24.6. The van der Waals surface area contributed by atoms with Gasteiger partial charge in [-0.1, -0.05) is 48.5 Å². The molecule has 0 saturated heterocycles. The molecule has 0 N–H and O–H groups in total. The molecule has 3 aromatic carbocycles. The third-order valence-electron chi connectivity index (χ3n) is 6.37. The van der Waals surface area contributed by atoms with Crippen LogP contribution < -0.4 is 9.47 Å². The summed E-state index contributed by atoms with van der Waals surface area (Å²) in [6, 6.07) is 24.5. The molecule has 0 radical (unpaired) electrons. The van der Waals surface area contributed by atoms with Gasteiger partial charge in [0.25, 0.3) is 11.8 Å². The molecular weight excluding hydrogens is 440 g/mol. The quantitative estimate of drug-likeness (QED) is 0.553. The van der Waals surface area contributed by atoms with Crippen molar-refractivity contribution in [2.45, 2.75) is 25.3 Å². The Morgan fingerprint density at radius 1 is 0.971 bits per heavy atom. The maximum atomic E-state index is 13.8. The van der Waals surface area contributed by atoms with Crippen LogP contribution in [0.15, 0.2) is 78.9 Å². The molecule has 0 spiro atoms. The van der Waals surface area contributed by atoms with Crippen LogP contribution in [0.4, 0.5) is 0 Å². The van der Waals surface area contributed by atoms with Crippen molar-refractivity contribution in [1.29, 1.82) is 0 Å². The Balaban J connectivity index is 1.69. The van der Waals surface area contributed by atoms with E-state index in [4.69, 9.17) is 9.47 Å². The molecule has 1 heterocycles. The molecule has 4 rings (SSSR count). The van der Waals surface area contributed by atoms with Crippen LogP contribution in [0, 0.1) is 0 Å². The van der Waals surface area contributed by atoms with E-state index in [9.17, 15) is 9.59 Å². The SMILES string of the molecule is COc1cccc(C(=O)N2CCCCN(C)C(=O)c3ccccc3OC[C@H]2Cc2ccccc2)c1. The number of hydrogen-bond donors (Lipinski definition) is 0. The minimum atomic E-state index is -0.212. The maximum Gasteiger partial charge on any atom is 0.257 e. The molecule has 182 valence electrons. The molecule has 1 aliphatic heterocycles. The fourth-order valence-corrected chi connectivity index (χ4v) is 4.41. The van der Waals surface area contributed by atoms with E-state index < -0.39 is 0 Å². The highest BCUT2D eigenvalue weighted by Gasteiger charge is 2.27. The molecule has 0 fully saturated rings. The standard InChI is InChI=1S/C29H32N2O4/c1-30-17-8-9-18-31(28(32)23-13-10-14-25(20-23)34-2)24(19-22-11-4-3-5-12-22)21-35-27-16-7-6-15-26(27)29(30)33/h3-7,10-16,20,24H,8-9,17-19,21H2,1-2H3/t24-/m1/s1. The van der Waals surface area contributed by atoms with Crippen LogP contribution in [0.3, 0.4) is 0 Å².